The molecule has 5 N–H and O–H groups in total. The number of aliphatic hydroxyl groups is 2. The first-order valence-corrected chi connectivity index (χ1v) is 22.6. The summed E-state index contributed by atoms with van der Waals surface area (Å²) in [6.07, 6.45) is 16.0. The number of nitrogen functional groups attached to an aromatic ring is 1. The molecule has 0 aliphatic carbocycles. The van der Waals surface area contributed by atoms with Crippen molar-refractivity contribution in [3.63, 3.8) is 0 Å². The molecule has 0 bridgehead atoms. The van der Waals surface area contributed by atoms with Gasteiger partial charge in [-0.05, 0) is 36.2 Å². The molecule has 15 nitrogen and oxygen atoms in total. The predicted molar refractivity (Wildman–Crippen MR) is 220 cm³/mol. The zero-order chi connectivity index (χ0) is 41.8. The summed E-state index contributed by atoms with van der Waals surface area (Å²) in [5, 5.41) is 36.5. The topological polar surface area (TPSA) is 213 Å². The number of nitrogens with zero attached hydrogens (tertiary/aromatic N) is 4. The van der Waals surface area contributed by atoms with Crippen molar-refractivity contribution in [1.82, 2.24) is 14.6 Å². The lowest BCUT2D eigenvalue weighted by atomic mass is 9.92. The number of hydrogen-bond acceptors (Lipinski definition) is 13. The van der Waals surface area contributed by atoms with Crippen LogP contribution < -0.4 is 10.5 Å². The van der Waals surface area contributed by atoms with Crippen molar-refractivity contribution in [2.24, 2.45) is 0 Å². The van der Waals surface area contributed by atoms with Gasteiger partial charge in [0.15, 0.2) is 5.82 Å². The average Bonchev–Trinajstić information content (AvgIpc) is 3.76. The van der Waals surface area contributed by atoms with Gasteiger partial charge in [-0.2, -0.15) is 10.4 Å². The number of ether oxygens (including phenoxy) is 4. The van der Waals surface area contributed by atoms with Gasteiger partial charge in [0, 0.05) is 6.61 Å². The number of benzene rings is 1. The second-order valence-corrected chi connectivity index (χ2v) is 16.8. The fourth-order valence-electron chi connectivity index (χ4n) is 7.06. The number of halogens is 1. The number of phosphoric acid groups is 1. The lowest BCUT2D eigenvalue weighted by molar-refractivity contribution is -0.0690. The maximum atomic E-state index is 13.1. The van der Waals surface area contributed by atoms with Gasteiger partial charge >= 0.3 is 7.82 Å². The normalized spacial score (nSPS) is 20.9. The Morgan fingerprint density at radius 2 is 1.60 bits per heavy atom. The van der Waals surface area contributed by atoms with E-state index in [-0.39, 0.29) is 31.3 Å². The van der Waals surface area contributed by atoms with Crippen LogP contribution in [0.25, 0.3) is 5.52 Å². The average molecular weight is 852 g/mol. The standard InChI is InChI=1S/C41H63ClN5O10P/c1-3-4-5-6-7-8-9-10-11-12-13-14-15-16-17-18-23-53-26-32(54-25-31-19-21-35(52-2)33(42)24-31)27-55-58(50,51)56-28-36-38(48)39(49)41(29-43,57-36)37-22-20-34-40(44)45-30-46-47(34)37/h19-22,24,30,32,36,38-39,48-49H,3-18,23,25-28H2,1-2H3,(H,50,51)(H2,44,45,46)/t32-,36-,38-,39-,41+/m1/s1. The molecule has 58 heavy (non-hydrogen) atoms. The van der Waals surface area contributed by atoms with Gasteiger partial charge in [0.05, 0.1) is 44.3 Å². The Labute approximate surface area is 347 Å². The summed E-state index contributed by atoms with van der Waals surface area (Å²) in [5.41, 5.74) is 4.99. The Morgan fingerprint density at radius 1 is 0.966 bits per heavy atom. The molecular formula is C41H63ClN5O10P. The van der Waals surface area contributed by atoms with Gasteiger partial charge in [0.2, 0.25) is 5.60 Å². The highest BCUT2D eigenvalue weighted by atomic mass is 35.5. The maximum Gasteiger partial charge on any atom is 0.472 e. The minimum Gasteiger partial charge on any atom is -0.495 e. The summed E-state index contributed by atoms with van der Waals surface area (Å²) in [5.74, 6) is 0.642. The molecule has 4 rings (SSSR count). The van der Waals surface area contributed by atoms with E-state index in [1.807, 2.05) is 6.07 Å². The van der Waals surface area contributed by atoms with Crippen LogP contribution in [-0.4, -0.2) is 87.7 Å². The number of nitrogens with two attached hydrogens (primary N) is 1. The van der Waals surface area contributed by atoms with Crippen LogP contribution in [0.4, 0.5) is 5.82 Å². The summed E-state index contributed by atoms with van der Waals surface area (Å²) < 4.78 is 47.8. The van der Waals surface area contributed by atoms with Crippen LogP contribution in [0.1, 0.15) is 121 Å². The van der Waals surface area contributed by atoms with E-state index in [1.165, 1.54) is 114 Å². The highest BCUT2D eigenvalue weighted by Gasteiger charge is 2.58. The quantitative estimate of drug-likeness (QED) is 0.0372. The van der Waals surface area contributed by atoms with Gasteiger partial charge in [-0.3, -0.25) is 9.05 Å². The number of rotatable bonds is 30. The van der Waals surface area contributed by atoms with E-state index < -0.39 is 44.4 Å². The van der Waals surface area contributed by atoms with Gasteiger partial charge in [0.1, 0.15) is 48.1 Å². The molecule has 1 unspecified atom stereocenters. The lowest BCUT2D eigenvalue weighted by Gasteiger charge is -2.24. The monoisotopic (exact) mass is 851 g/mol. The third-order valence-electron chi connectivity index (χ3n) is 10.5. The molecule has 1 aromatic carbocycles. The van der Waals surface area contributed by atoms with E-state index in [4.69, 9.17) is 45.3 Å². The number of methoxy groups -OCH3 is 1. The fourth-order valence-corrected chi connectivity index (χ4v) is 8.10. The van der Waals surface area contributed by atoms with Crippen LogP contribution >= 0.6 is 19.4 Å². The predicted octanol–water partition coefficient (Wildman–Crippen LogP) is 7.81. The molecule has 0 spiro atoms. The van der Waals surface area contributed by atoms with Crippen LogP contribution in [0.15, 0.2) is 36.7 Å². The Morgan fingerprint density at radius 3 is 2.21 bits per heavy atom. The zero-order valence-electron chi connectivity index (χ0n) is 34.0. The minimum absolute atomic E-state index is 0.0781. The Balaban J connectivity index is 1.19. The number of nitriles is 1. The van der Waals surface area contributed by atoms with Crippen LogP contribution in [0, 0.1) is 11.3 Å². The van der Waals surface area contributed by atoms with E-state index in [9.17, 15) is 24.9 Å². The third-order valence-corrected chi connectivity index (χ3v) is 11.7. The van der Waals surface area contributed by atoms with Gasteiger partial charge in [-0.15, -0.1) is 0 Å². The molecule has 6 atom stereocenters. The number of aliphatic hydroxyl groups excluding tert-OH is 2. The minimum atomic E-state index is -4.76. The van der Waals surface area contributed by atoms with Crippen molar-refractivity contribution in [2.45, 2.75) is 146 Å². The molecule has 0 amide bonds. The SMILES string of the molecule is CCCCCCCCCCCCCCCCCCOC[C@H](COP(=O)(O)OC[C@H]1O[C@@](C#N)(c2ccc3c(N)ncnn23)[C@H](O)[C@@H]1O)OCc1ccc(OC)c(Cl)c1. The number of aromatic nitrogens is 3. The number of fused-ring (bicyclic) bond motifs is 1. The summed E-state index contributed by atoms with van der Waals surface area (Å²) in [6, 6.07) is 10.1. The summed E-state index contributed by atoms with van der Waals surface area (Å²) in [7, 11) is -3.24. The third kappa shape index (κ3) is 14.4. The van der Waals surface area contributed by atoms with Crippen LogP contribution in [0.5, 0.6) is 5.75 Å². The molecule has 3 aromatic rings. The van der Waals surface area contributed by atoms with Crippen LogP contribution in [0.3, 0.4) is 0 Å². The molecule has 1 aliphatic rings. The number of unbranched alkanes of at least 4 members (excludes halogenated alkanes) is 15. The van der Waals surface area contributed by atoms with E-state index in [1.54, 1.807) is 18.2 Å². The fraction of sp³-hybridized carbons (Fsp3) is 0.683. The summed E-state index contributed by atoms with van der Waals surface area (Å²) >= 11 is 6.29. The Hall–Kier alpha value is -2.87. The van der Waals surface area contributed by atoms with Crippen molar-refractivity contribution < 1.29 is 47.7 Å². The van der Waals surface area contributed by atoms with Crippen LogP contribution in [-0.2, 0) is 40.0 Å². The first-order chi connectivity index (χ1) is 28.0. The Kier molecular flexibility index (Phi) is 20.6. The van der Waals surface area contributed by atoms with Crippen molar-refractivity contribution in [3.8, 4) is 11.8 Å². The first-order valence-electron chi connectivity index (χ1n) is 20.7. The molecule has 1 saturated heterocycles. The molecule has 0 radical (unpaired) electrons. The highest BCUT2D eigenvalue weighted by Crippen LogP contribution is 2.46. The van der Waals surface area contributed by atoms with E-state index in [0.717, 1.165) is 24.8 Å². The first kappa shape index (κ1) is 47.8. The van der Waals surface area contributed by atoms with Crippen molar-refractivity contribution in [1.29, 1.82) is 5.26 Å². The van der Waals surface area contributed by atoms with Gasteiger partial charge in [0.25, 0.3) is 0 Å². The number of hydrogen-bond donors (Lipinski definition) is 4. The smallest absolute Gasteiger partial charge is 0.472 e. The summed E-state index contributed by atoms with van der Waals surface area (Å²) in [6.45, 7) is 1.89. The second-order valence-electron chi connectivity index (χ2n) is 14.9. The molecule has 2 aromatic heterocycles. The van der Waals surface area contributed by atoms with Gasteiger partial charge in [-0.25, -0.2) is 14.1 Å². The van der Waals surface area contributed by atoms with Gasteiger partial charge in [-0.1, -0.05) is 121 Å². The molecule has 1 aliphatic heterocycles. The van der Waals surface area contributed by atoms with Crippen molar-refractivity contribution in [2.75, 3.05) is 39.3 Å². The molecular weight excluding hydrogens is 789 g/mol. The van der Waals surface area contributed by atoms with Crippen molar-refractivity contribution >= 4 is 30.8 Å². The molecule has 17 heteroatoms. The zero-order valence-corrected chi connectivity index (χ0v) is 35.7. The summed E-state index contributed by atoms with van der Waals surface area (Å²) in [4.78, 5) is 14.5. The lowest BCUT2D eigenvalue weighted by Crippen LogP contribution is -2.41. The highest BCUT2D eigenvalue weighted by molar-refractivity contribution is 7.47. The molecule has 3 heterocycles. The second kappa shape index (κ2) is 25.0. The molecule has 324 valence electrons. The van der Waals surface area contributed by atoms with E-state index in [2.05, 4.69) is 17.0 Å². The maximum absolute atomic E-state index is 13.1. The van der Waals surface area contributed by atoms with Crippen LogP contribution in [0.2, 0.25) is 5.02 Å². The number of anilines is 1. The van der Waals surface area contributed by atoms with E-state index >= 15 is 0 Å². The largest absolute Gasteiger partial charge is 0.495 e. The van der Waals surface area contributed by atoms with E-state index in [0.29, 0.717) is 22.9 Å². The van der Waals surface area contributed by atoms with Gasteiger partial charge < -0.3 is 39.8 Å². The molecule has 1 fully saturated rings. The molecule has 0 saturated carbocycles. The van der Waals surface area contributed by atoms with Crippen molar-refractivity contribution in [3.05, 3.63) is 52.9 Å². The Bertz CT molecular complexity index is 1750. The number of phosphoric ester groups is 1.